The molecule has 0 aromatic carbocycles. The van der Waals surface area contributed by atoms with Crippen molar-refractivity contribution in [1.29, 1.82) is 0 Å². The monoisotopic (exact) mass is 474 g/mol. The minimum absolute atomic E-state index is 0.0637. The van der Waals surface area contributed by atoms with Gasteiger partial charge in [-0.2, -0.15) is 0 Å². The molecule has 0 aliphatic heterocycles. The summed E-state index contributed by atoms with van der Waals surface area (Å²) in [6.07, 6.45) is 12.7. The molecule has 4 rings (SSSR count). The highest BCUT2D eigenvalue weighted by molar-refractivity contribution is 5.40. The van der Waals surface area contributed by atoms with E-state index >= 15 is 0 Å². The zero-order chi connectivity index (χ0) is 24.7. The first-order chi connectivity index (χ1) is 16.1. The third kappa shape index (κ3) is 4.46. The maximum Gasteiger partial charge on any atom is 0.110 e. The predicted octanol–water partition coefficient (Wildman–Crippen LogP) is 5.66. The van der Waals surface area contributed by atoms with E-state index in [9.17, 15) is 10.2 Å². The lowest BCUT2D eigenvalue weighted by Gasteiger charge is -2.57. The van der Waals surface area contributed by atoms with E-state index in [-0.39, 0.29) is 12.0 Å². The van der Waals surface area contributed by atoms with Crippen molar-refractivity contribution in [2.75, 3.05) is 13.2 Å². The quantitative estimate of drug-likeness (QED) is 0.377. The van der Waals surface area contributed by atoms with E-state index in [4.69, 9.17) is 9.84 Å². The van der Waals surface area contributed by atoms with Crippen LogP contribution in [0.1, 0.15) is 92.4 Å². The molecule has 0 amide bonds. The van der Waals surface area contributed by atoms with Crippen molar-refractivity contribution < 1.29 is 20.1 Å². The Morgan fingerprint density at radius 1 is 1.00 bits per heavy atom. The van der Waals surface area contributed by atoms with E-state index in [0.717, 1.165) is 24.2 Å². The summed E-state index contributed by atoms with van der Waals surface area (Å²) < 4.78 is 5.94. The van der Waals surface area contributed by atoms with Gasteiger partial charge in [0.15, 0.2) is 0 Å². The normalized spacial score (nSPS) is 42.5. The summed E-state index contributed by atoms with van der Waals surface area (Å²) in [4.78, 5) is 0. The molecule has 3 fully saturated rings. The number of ether oxygens (including phenoxy) is 1. The molecule has 0 bridgehead atoms. The van der Waals surface area contributed by atoms with Crippen LogP contribution in [-0.2, 0) is 4.74 Å². The third-order valence-electron chi connectivity index (χ3n) is 10.6. The summed E-state index contributed by atoms with van der Waals surface area (Å²) in [7, 11) is 0. The highest BCUT2D eigenvalue weighted by atomic mass is 16.5. The number of aliphatic hydroxyl groups is 3. The Bertz CT molecular complexity index is 772. The second-order valence-corrected chi connectivity index (χ2v) is 12.9. The number of rotatable bonds is 9. The summed E-state index contributed by atoms with van der Waals surface area (Å²) in [5.41, 5.74) is 2.72. The summed E-state index contributed by atoms with van der Waals surface area (Å²) in [6, 6.07) is 0. The summed E-state index contributed by atoms with van der Waals surface area (Å²) in [5, 5.41) is 31.5. The first-order valence-electron chi connectivity index (χ1n) is 14.1. The number of hydrogen-bond donors (Lipinski definition) is 3. The molecule has 194 valence electrons. The fraction of sp³-hybridized carbons (Fsp3) is 0.867. The first-order valence-corrected chi connectivity index (χ1v) is 14.1. The van der Waals surface area contributed by atoms with Crippen molar-refractivity contribution in [2.45, 2.75) is 111 Å². The Kier molecular flexibility index (Phi) is 8.04. The van der Waals surface area contributed by atoms with E-state index in [1.807, 2.05) is 0 Å². The molecule has 34 heavy (non-hydrogen) atoms. The number of aliphatic hydroxyl groups excluding tert-OH is 3. The number of allylic oxidation sites excluding steroid dienone is 3. The number of hydrogen-bond acceptors (Lipinski definition) is 4. The van der Waals surface area contributed by atoms with Gasteiger partial charge in [0.25, 0.3) is 0 Å². The van der Waals surface area contributed by atoms with Gasteiger partial charge >= 0.3 is 0 Å². The van der Waals surface area contributed by atoms with Gasteiger partial charge in [0.05, 0.1) is 12.2 Å². The highest BCUT2D eigenvalue weighted by Gasteiger charge is 2.60. The molecule has 0 aromatic heterocycles. The Hall–Kier alpha value is -0.680. The van der Waals surface area contributed by atoms with Crippen LogP contribution in [0.25, 0.3) is 0 Å². The van der Waals surface area contributed by atoms with Crippen LogP contribution in [0.3, 0.4) is 0 Å². The van der Waals surface area contributed by atoms with Gasteiger partial charge in [0, 0.05) is 18.6 Å². The Balaban J connectivity index is 1.54. The van der Waals surface area contributed by atoms with Gasteiger partial charge < -0.3 is 20.1 Å². The van der Waals surface area contributed by atoms with Gasteiger partial charge in [-0.05, 0) is 73.5 Å². The standard InChI is InChI=1S/C30H50O4/c1-19(2)8-6-9-20(3)23-12-13-24-22-11-10-21-18-26(32)27(34-17-7-16-31)28(33)30(21,5)25(22)14-15-29(23,24)4/h10-11,19-20,23-28,31-33H,6-9,12-18H2,1-5H3/t20?,23?,24?,25?,26-,27-,28+,29-,30+/m1/s1. The topological polar surface area (TPSA) is 69.9 Å². The molecule has 4 heteroatoms. The van der Waals surface area contributed by atoms with Crippen LogP contribution in [0, 0.1) is 40.4 Å². The van der Waals surface area contributed by atoms with Crippen molar-refractivity contribution >= 4 is 0 Å². The fourth-order valence-corrected chi connectivity index (χ4v) is 8.56. The predicted molar refractivity (Wildman–Crippen MR) is 137 cm³/mol. The van der Waals surface area contributed by atoms with E-state index in [1.165, 1.54) is 44.1 Å². The summed E-state index contributed by atoms with van der Waals surface area (Å²) in [5.74, 6) is 3.28. The lowest BCUT2D eigenvalue weighted by molar-refractivity contribution is -0.162. The average molecular weight is 475 g/mol. The van der Waals surface area contributed by atoms with Crippen molar-refractivity contribution in [3.63, 3.8) is 0 Å². The molecular formula is C30H50O4. The number of fused-ring (bicyclic) bond motifs is 5. The molecule has 3 saturated carbocycles. The molecule has 4 aliphatic rings. The minimum Gasteiger partial charge on any atom is -0.396 e. The van der Waals surface area contributed by atoms with Gasteiger partial charge in [-0.1, -0.05) is 77.2 Å². The molecule has 4 unspecified atom stereocenters. The molecule has 0 spiro atoms. The SMILES string of the molecule is CC(C)CCCC(C)C1CCC2C3=CC=C4C[C@@H](O)[C@@H](OCCCO)[C@H](O)[C@]4(C)C3CC[C@@]21C. The van der Waals surface area contributed by atoms with Crippen LogP contribution in [0.15, 0.2) is 23.3 Å². The van der Waals surface area contributed by atoms with E-state index in [0.29, 0.717) is 36.7 Å². The minimum atomic E-state index is -0.730. The van der Waals surface area contributed by atoms with Crippen LogP contribution in [0.2, 0.25) is 0 Å². The van der Waals surface area contributed by atoms with Crippen molar-refractivity contribution in [1.82, 2.24) is 0 Å². The third-order valence-corrected chi connectivity index (χ3v) is 10.6. The molecule has 4 aliphatic carbocycles. The fourth-order valence-electron chi connectivity index (χ4n) is 8.56. The molecule has 0 aromatic rings. The van der Waals surface area contributed by atoms with Crippen LogP contribution in [0.4, 0.5) is 0 Å². The smallest absolute Gasteiger partial charge is 0.110 e. The average Bonchev–Trinajstić information content (AvgIpc) is 3.14. The van der Waals surface area contributed by atoms with E-state index in [2.05, 4.69) is 46.8 Å². The maximum absolute atomic E-state index is 11.6. The summed E-state index contributed by atoms with van der Waals surface area (Å²) in [6.45, 7) is 12.4. The van der Waals surface area contributed by atoms with E-state index < -0.39 is 18.3 Å². The van der Waals surface area contributed by atoms with Gasteiger partial charge in [0.2, 0.25) is 0 Å². The molecule has 0 radical (unpaired) electrons. The Morgan fingerprint density at radius 3 is 2.47 bits per heavy atom. The van der Waals surface area contributed by atoms with Crippen LogP contribution >= 0.6 is 0 Å². The molecule has 3 N–H and O–H groups in total. The van der Waals surface area contributed by atoms with Gasteiger partial charge in [-0.15, -0.1) is 0 Å². The summed E-state index contributed by atoms with van der Waals surface area (Å²) >= 11 is 0. The molecule has 4 nitrogen and oxygen atoms in total. The highest BCUT2D eigenvalue weighted by Crippen LogP contribution is 2.66. The van der Waals surface area contributed by atoms with Crippen molar-refractivity contribution in [3.05, 3.63) is 23.3 Å². The Labute approximate surface area is 207 Å². The second-order valence-electron chi connectivity index (χ2n) is 12.9. The second kappa shape index (κ2) is 10.4. The van der Waals surface area contributed by atoms with Crippen LogP contribution in [-0.4, -0.2) is 46.8 Å². The lowest BCUT2D eigenvalue weighted by atomic mass is 9.49. The Morgan fingerprint density at radius 2 is 1.76 bits per heavy atom. The molecular weight excluding hydrogens is 424 g/mol. The zero-order valence-electron chi connectivity index (χ0n) is 22.3. The van der Waals surface area contributed by atoms with Gasteiger partial charge in [-0.25, -0.2) is 0 Å². The maximum atomic E-state index is 11.6. The van der Waals surface area contributed by atoms with Crippen LogP contribution < -0.4 is 0 Å². The lowest BCUT2D eigenvalue weighted by Crippen LogP contribution is -2.59. The molecule has 9 atom stereocenters. The largest absolute Gasteiger partial charge is 0.396 e. The van der Waals surface area contributed by atoms with Crippen molar-refractivity contribution in [2.24, 2.45) is 40.4 Å². The first kappa shape index (κ1) is 26.4. The van der Waals surface area contributed by atoms with Gasteiger partial charge in [0.1, 0.15) is 6.10 Å². The van der Waals surface area contributed by atoms with Crippen LogP contribution in [0.5, 0.6) is 0 Å². The van der Waals surface area contributed by atoms with Gasteiger partial charge in [-0.3, -0.25) is 0 Å². The molecule has 0 heterocycles. The van der Waals surface area contributed by atoms with Crippen molar-refractivity contribution in [3.8, 4) is 0 Å². The zero-order valence-corrected chi connectivity index (χ0v) is 22.3. The molecule has 0 saturated heterocycles. The van der Waals surface area contributed by atoms with E-state index in [1.54, 1.807) is 5.57 Å².